The zero-order chi connectivity index (χ0) is 10.6. The fourth-order valence-electron chi connectivity index (χ4n) is 0.714. The van der Waals surface area contributed by atoms with Crippen molar-refractivity contribution in [1.82, 2.24) is 0 Å². The van der Waals surface area contributed by atoms with Crippen molar-refractivity contribution >= 4 is 17.9 Å². The van der Waals surface area contributed by atoms with Gasteiger partial charge in [0.05, 0.1) is 12.8 Å². The summed E-state index contributed by atoms with van der Waals surface area (Å²) in [6.07, 6.45) is -2.29. The molecule has 0 aromatic rings. The molecule has 0 aliphatic heterocycles. The van der Waals surface area contributed by atoms with Gasteiger partial charge in [0.15, 0.2) is 5.60 Å². The summed E-state index contributed by atoms with van der Waals surface area (Å²) in [5.74, 6) is -5.02. The standard InChI is InChI=1S/C6H8O7.Na.H2.H/c7-3(8)1-6(13,5(11)12)2-4(9)10;;;/h13H,1-2H2,(H,7,8)(H,9,10)(H,11,12);;1H;/q;+1;;-1. The molecular weight excluding hydrogens is 207 g/mol. The van der Waals surface area contributed by atoms with Crippen LogP contribution >= 0.6 is 0 Å². The fourth-order valence-corrected chi connectivity index (χ4v) is 0.714. The Hall–Kier alpha value is -0.630. The van der Waals surface area contributed by atoms with Gasteiger partial charge in [-0.05, 0) is 0 Å². The molecule has 0 heterocycles. The van der Waals surface area contributed by atoms with Crippen molar-refractivity contribution in [2.75, 3.05) is 0 Å². The largest absolute Gasteiger partial charge is 1.00 e. The van der Waals surface area contributed by atoms with E-state index in [1.165, 1.54) is 0 Å². The first-order chi connectivity index (χ1) is 5.78. The first-order valence-corrected chi connectivity index (χ1v) is 3.17. The molecule has 0 amide bonds. The van der Waals surface area contributed by atoms with Crippen LogP contribution in [-0.4, -0.2) is 43.9 Å². The first-order valence-electron chi connectivity index (χ1n) is 3.17. The molecule has 0 aliphatic rings. The third-order valence-electron chi connectivity index (χ3n) is 1.29. The van der Waals surface area contributed by atoms with Gasteiger partial charge in [-0.3, -0.25) is 9.59 Å². The molecule has 0 aliphatic carbocycles. The minimum atomic E-state index is -2.74. The van der Waals surface area contributed by atoms with Crippen molar-refractivity contribution in [3.05, 3.63) is 0 Å². The van der Waals surface area contributed by atoms with E-state index in [4.69, 9.17) is 20.4 Å². The maximum atomic E-state index is 10.3. The Kier molecular flexibility index (Phi) is 6.75. The summed E-state index contributed by atoms with van der Waals surface area (Å²) in [6, 6.07) is 0. The third-order valence-corrected chi connectivity index (χ3v) is 1.29. The van der Waals surface area contributed by atoms with Gasteiger partial charge in [0.1, 0.15) is 0 Å². The van der Waals surface area contributed by atoms with Crippen LogP contribution in [0.2, 0.25) is 0 Å². The predicted octanol–water partition coefficient (Wildman–Crippen LogP) is -3.89. The van der Waals surface area contributed by atoms with Gasteiger partial charge >= 0.3 is 47.5 Å². The maximum absolute atomic E-state index is 10.3. The van der Waals surface area contributed by atoms with Crippen molar-refractivity contribution in [3.63, 3.8) is 0 Å². The van der Waals surface area contributed by atoms with E-state index >= 15 is 0 Å². The summed E-state index contributed by atoms with van der Waals surface area (Å²) >= 11 is 0. The number of rotatable bonds is 5. The molecule has 0 spiro atoms. The Morgan fingerprint density at radius 3 is 1.50 bits per heavy atom. The molecular formula is C6H11NaO7. The minimum Gasteiger partial charge on any atom is -1.00 e. The van der Waals surface area contributed by atoms with Crippen molar-refractivity contribution in [2.24, 2.45) is 0 Å². The molecule has 14 heavy (non-hydrogen) atoms. The molecule has 0 fully saturated rings. The van der Waals surface area contributed by atoms with Gasteiger partial charge in [0.25, 0.3) is 0 Å². The number of carboxylic acid groups (broad SMARTS) is 3. The number of aliphatic carboxylic acids is 3. The molecule has 7 nitrogen and oxygen atoms in total. The van der Waals surface area contributed by atoms with E-state index in [2.05, 4.69) is 0 Å². The Morgan fingerprint density at radius 2 is 1.36 bits per heavy atom. The molecule has 0 aromatic heterocycles. The summed E-state index contributed by atoms with van der Waals surface area (Å²) in [6.45, 7) is 0. The second-order valence-corrected chi connectivity index (χ2v) is 2.48. The topological polar surface area (TPSA) is 132 Å². The summed E-state index contributed by atoms with van der Waals surface area (Å²) in [4.78, 5) is 30.5. The number of carbonyl (C=O) groups is 3. The van der Waals surface area contributed by atoms with Gasteiger partial charge in [0.2, 0.25) is 0 Å². The van der Waals surface area contributed by atoms with Crippen LogP contribution in [0.5, 0.6) is 0 Å². The van der Waals surface area contributed by atoms with E-state index in [1.807, 2.05) is 0 Å². The fraction of sp³-hybridized carbons (Fsp3) is 0.500. The van der Waals surface area contributed by atoms with E-state index in [0.29, 0.717) is 0 Å². The predicted molar refractivity (Wildman–Crippen MR) is 40.3 cm³/mol. The van der Waals surface area contributed by atoms with Crippen molar-refractivity contribution in [3.8, 4) is 0 Å². The molecule has 0 saturated heterocycles. The van der Waals surface area contributed by atoms with Crippen LogP contribution in [0.3, 0.4) is 0 Å². The molecule has 4 N–H and O–H groups in total. The van der Waals surface area contributed by atoms with Crippen molar-refractivity contribution in [1.29, 1.82) is 0 Å². The number of carboxylic acids is 3. The SMILES string of the molecule is O=C(O)CC(O)(CC(=O)O)C(=O)O.[H-].[HH].[Na+]. The third kappa shape index (κ3) is 5.18. The van der Waals surface area contributed by atoms with Gasteiger partial charge in [-0.2, -0.15) is 0 Å². The summed E-state index contributed by atoms with van der Waals surface area (Å²) < 4.78 is 0. The van der Waals surface area contributed by atoms with Crippen LogP contribution in [0, 0.1) is 0 Å². The zero-order valence-electron chi connectivity index (χ0n) is 8.43. The summed E-state index contributed by atoms with van der Waals surface area (Å²) in [5.41, 5.74) is -2.74. The average molecular weight is 218 g/mol. The van der Waals surface area contributed by atoms with E-state index < -0.39 is 36.4 Å². The normalized spacial score (nSPS) is 10.1. The maximum Gasteiger partial charge on any atom is 1.00 e. The van der Waals surface area contributed by atoms with Crippen LogP contribution in [0.1, 0.15) is 15.7 Å². The van der Waals surface area contributed by atoms with Gasteiger partial charge in [-0.15, -0.1) is 0 Å². The van der Waals surface area contributed by atoms with E-state index in [-0.39, 0.29) is 32.4 Å². The Morgan fingerprint density at radius 1 is 1.07 bits per heavy atom. The average Bonchev–Trinajstić information content (AvgIpc) is 1.82. The smallest absolute Gasteiger partial charge is 1.00 e. The second-order valence-electron chi connectivity index (χ2n) is 2.48. The van der Waals surface area contributed by atoms with Crippen LogP contribution in [0.25, 0.3) is 0 Å². The van der Waals surface area contributed by atoms with Gasteiger partial charge in [-0.25, -0.2) is 4.79 Å². The van der Waals surface area contributed by atoms with Crippen LogP contribution in [0.15, 0.2) is 0 Å². The van der Waals surface area contributed by atoms with Crippen molar-refractivity contribution in [2.45, 2.75) is 18.4 Å². The summed E-state index contributed by atoms with van der Waals surface area (Å²) in [5, 5.41) is 33.8. The number of aliphatic hydroxyl groups is 1. The molecule has 78 valence electrons. The Balaban J connectivity index is -0.000000240. The molecule has 0 aromatic carbocycles. The molecule has 0 radical (unpaired) electrons. The quantitative estimate of drug-likeness (QED) is 0.347. The summed E-state index contributed by atoms with van der Waals surface area (Å²) in [7, 11) is 0. The second kappa shape index (κ2) is 5.97. The van der Waals surface area contributed by atoms with Crippen LogP contribution in [0.4, 0.5) is 0 Å². The number of hydrogen-bond donors (Lipinski definition) is 4. The van der Waals surface area contributed by atoms with E-state index in [0.717, 1.165) is 0 Å². The van der Waals surface area contributed by atoms with Crippen LogP contribution in [-0.2, 0) is 14.4 Å². The van der Waals surface area contributed by atoms with Gasteiger partial charge < -0.3 is 21.9 Å². The zero-order valence-corrected chi connectivity index (χ0v) is 9.43. The molecule has 0 unspecified atom stereocenters. The minimum absolute atomic E-state index is 0. The molecule has 0 saturated carbocycles. The Labute approximate surface area is 104 Å². The Bertz CT molecular complexity index is 241. The monoisotopic (exact) mass is 218 g/mol. The molecule has 0 rings (SSSR count). The van der Waals surface area contributed by atoms with Crippen LogP contribution < -0.4 is 29.6 Å². The van der Waals surface area contributed by atoms with E-state index in [1.54, 1.807) is 0 Å². The van der Waals surface area contributed by atoms with E-state index in [9.17, 15) is 14.4 Å². The van der Waals surface area contributed by atoms with Gasteiger partial charge in [0, 0.05) is 1.43 Å². The molecule has 0 bridgehead atoms. The van der Waals surface area contributed by atoms with Crippen molar-refractivity contribution < 1.29 is 67.2 Å². The van der Waals surface area contributed by atoms with Gasteiger partial charge in [-0.1, -0.05) is 0 Å². The first kappa shape index (κ1) is 15.8. The molecule has 8 heteroatoms. The molecule has 0 atom stereocenters. The number of hydrogen-bond acceptors (Lipinski definition) is 4.